The standard InChI is InChI=1S/C13H16N2O4/c14-11-7-9(3-4-10(11)13(17)18)19-6-5-12(16)15-8-1-2-8/h3-4,7-8H,1-2,5-6,14H2,(H,15,16)(H,17,18). The Hall–Kier alpha value is -2.24. The van der Waals surface area contributed by atoms with Crippen LogP contribution in [0.2, 0.25) is 0 Å². The maximum absolute atomic E-state index is 11.4. The predicted octanol–water partition coefficient (Wildman–Crippen LogP) is 1.01. The molecule has 6 heteroatoms. The number of nitrogen functional groups attached to an aromatic ring is 1. The molecule has 1 aliphatic carbocycles. The van der Waals surface area contributed by atoms with E-state index in [9.17, 15) is 9.59 Å². The van der Waals surface area contributed by atoms with Gasteiger partial charge in [0.15, 0.2) is 0 Å². The molecule has 1 aromatic rings. The molecule has 4 N–H and O–H groups in total. The Kier molecular flexibility index (Phi) is 3.89. The summed E-state index contributed by atoms with van der Waals surface area (Å²) in [5.41, 5.74) is 5.77. The fourth-order valence-electron chi connectivity index (χ4n) is 1.61. The molecule has 0 bridgehead atoms. The van der Waals surface area contributed by atoms with E-state index in [1.54, 1.807) is 0 Å². The minimum atomic E-state index is -1.08. The second-order valence-electron chi connectivity index (χ2n) is 4.49. The number of hydrogen-bond acceptors (Lipinski definition) is 4. The molecule has 6 nitrogen and oxygen atoms in total. The van der Waals surface area contributed by atoms with E-state index in [0.717, 1.165) is 12.8 Å². The first-order chi connectivity index (χ1) is 9.06. The number of hydrogen-bond donors (Lipinski definition) is 3. The van der Waals surface area contributed by atoms with Gasteiger partial charge in [-0.2, -0.15) is 0 Å². The molecule has 2 rings (SSSR count). The van der Waals surface area contributed by atoms with Crippen LogP contribution in [0.4, 0.5) is 5.69 Å². The van der Waals surface area contributed by atoms with Gasteiger partial charge in [0.05, 0.1) is 18.6 Å². The number of ether oxygens (including phenoxy) is 1. The summed E-state index contributed by atoms with van der Waals surface area (Å²) in [6, 6.07) is 4.70. The van der Waals surface area contributed by atoms with Gasteiger partial charge in [0.1, 0.15) is 5.75 Å². The molecule has 1 fully saturated rings. The van der Waals surface area contributed by atoms with Gasteiger partial charge in [0, 0.05) is 17.8 Å². The van der Waals surface area contributed by atoms with E-state index >= 15 is 0 Å². The van der Waals surface area contributed by atoms with Crippen LogP contribution < -0.4 is 15.8 Å². The van der Waals surface area contributed by atoms with E-state index in [-0.39, 0.29) is 30.2 Å². The quantitative estimate of drug-likeness (QED) is 0.666. The highest BCUT2D eigenvalue weighted by atomic mass is 16.5. The fraction of sp³-hybridized carbons (Fsp3) is 0.385. The molecular weight excluding hydrogens is 248 g/mol. The molecule has 0 saturated heterocycles. The van der Waals surface area contributed by atoms with Gasteiger partial charge < -0.3 is 20.9 Å². The summed E-state index contributed by atoms with van der Waals surface area (Å²) < 4.78 is 5.36. The minimum Gasteiger partial charge on any atom is -0.493 e. The lowest BCUT2D eigenvalue weighted by atomic mass is 10.2. The smallest absolute Gasteiger partial charge is 0.337 e. The van der Waals surface area contributed by atoms with Crippen molar-refractivity contribution in [1.82, 2.24) is 5.32 Å². The topological polar surface area (TPSA) is 102 Å². The van der Waals surface area contributed by atoms with Crippen LogP contribution in [0.25, 0.3) is 0 Å². The molecule has 0 atom stereocenters. The highest BCUT2D eigenvalue weighted by Crippen LogP contribution is 2.20. The van der Waals surface area contributed by atoms with Crippen LogP contribution in [-0.2, 0) is 4.79 Å². The molecule has 19 heavy (non-hydrogen) atoms. The van der Waals surface area contributed by atoms with Gasteiger partial charge in [-0.3, -0.25) is 4.79 Å². The van der Waals surface area contributed by atoms with Gasteiger partial charge in [-0.1, -0.05) is 0 Å². The number of carbonyl (C=O) groups excluding carboxylic acids is 1. The molecule has 1 aromatic carbocycles. The molecule has 102 valence electrons. The van der Waals surface area contributed by atoms with Crippen molar-refractivity contribution in [3.63, 3.8) is 0 Å². The Morgan fingerprint density at radius 1 is 1.42 bits per heavy atom. The highest BCUT2D eigenvalue weighted by molar-refractivity contribution is 5.93. The number of carboxylic acids is 1. The van der Waals surface area contributed by atoms with Crippen molar-refractivity contribution in [3.05, 3.63) is 23.8 Å². The van der Waals surface area contributed by atoms with Crippen LogP contribution in [-0.4, -0.2) is 29.6 Å². The Morgan fingerprint density at radius 3 is 2.74 bits per heavy atom. The van der Waals surface area contributed by atoms with Crippen LogP contribution in [0, 0.1) is 0 Å². The second-order valence-corrected chi connectivity index (χ2v) is 4.49. The largest absolute Gasteiger partial charge is 0.493 e. The molecule has 1 aliphatic rings. The zero-order valence-electron chi connectivity index (χ0n) is 10.4. The first kappa shape index (κ1) is 13.2. The maximum atomic E-state index is 11.4. The van der Waals surface area contributed by atoms with Crippen molar-refractivity contribution >= 4 is 17.6 Å². The Balaban J connectivity index is 1.80. The Bertz CT molecular complexity index is 497. The van der Waals surface area contributed by atoms with Crippen LogP contribution >= 0.6 is 0 Å². The zero-order valence-corrected chi connectivity index (χ0v) is 10.4. The van der Waals surface area contributed by atoms with E-state index in [0.29, 0.717) is 11.8 Å². The number of aromatic carboxylic acids is 1. The summed E-state index contributed by atoms with van der Waals surface area (Å²) in [4.78, 5) is 22.2. The number of carboxylic acid groups (broad SMARTS) is 1. The summed E-state index contributed by atoms with van der Waals surface area (Å²) in [6.45, 7) is 0.240. The van der Waals surface area contributed by atoms with E-state index in [1.807, 2.05) is 0 Å². The third kappa shape index (κ3) is 3.87. The monoisotopic (exact) mass is 264 g/mol. The summed E-state index contributed by atoms with van der Waals surface area (Å²) in [6.07, 6.45) is 2.39. The summed E-state index contributed by atoms with van der Waals surface area (Å²) in [5, 5.41) is 11.7. The molecule has 0 spiro atoms. The van der Waals surface area contributed by atoms with Crippen LogP contribution in [0.5, 0.6) is 5.75 Å². The Labute approximate surface area is 110 Å². The lowest BCUT2D eigenvalue weighted by molar-refractivity contribution is -0.121. The normalized spacial score (nSPS) is 13.9. The van der Waals surface area contributed by atoms with Gasteiger partial charge in [-0.25, -0.2) is 4.79 Å². The molecule has 0 unspecified atom stereocenters. The molecule has 1 amide bonds. The molecule has 0 aromatic heterocycles. The van der Waals surface area contributed by atoms with Gasteiger partial charge in [0.25, 0.3) is 0 Å². The van der Waals surface area contributed by atoms with E-state index in [4.69, 9.17) is 15.6 Å². The van der Waals surface area contributed by atoms with Crippen LogP contribution in [0.15, 0.2) is 18.2 Å². The zero-order chi connectivity index (χ0) is 13.8. The van der Waals surface area contributed by atoms with Gasteiger partial charge >= 0.3 is 5.97 Å². The van der Waals surface area contributed by atoms with Crippen molar-refractivity contribution in [2.75, 3.05) is 12.3 Å². The van der Waals surface area contributed by atoms with Crippen molar-refractivity contribution < 1.29 is 19.4 Å². The van der Waals surface area contributed by atoms with Crippen LogP contribution in [0.3, 0.4) is 0 Å². The average molecular weight is 264 g/mol. The summed E-state index contributed by atoms with van der Waals surface area (Å²) in [5.74, 6) is -0.646. The number of rotatable bonds is 6. The second kappa shape index (κ2) is 5.60. The van der Waals surface area contributed by atoms with E-state index < -0.39 is 5.97 Å². The third-order valence-electron chi connectivity index (χ3n) is 2.79. The van der Waals surface area contributed by atoms with Gasteiger partial charge in [0.2, 0.25) is 5.91 Å². The first-order valence-electron chi connectivity index (χ1n) is 6.11. The summed E-state index contributed by atoms with van der Waals surface area (Å²) in [7, 11) is 0. The number of nitrogens with two attached hydrogens (primary N) is 1. The van der Waals surface area contributed by atoms with Gasteiger partial charge in [-0.15, -0.1) is 0 Å². The molecule has 0 heterocycles. The number of anilines is 1. The predicted molar refractivity (Wildman–Crippen MR) is 69.1 cm³/mol. The lowest BCUT2D eigenvalue weighted by Gasteiger charge is -2.08. The molecular formula is C13H16N2O4. The van der Waals surface area contributed by atoms with Gasteiger partial charge in [-0.05, 0) is 25.0 Å². The highest BCUT2D eigenvalue weighted by Gasteiger charge is 2.22. The number of benzene rings is 1. The van der Waals surface area contributed by atoms with Crippen molar-refractivity contribution in [2.24, 2.45) is 0 Å². The molecule has 0 radical (unpaired) electrons. The number of nitrogens with one attached hydrogen (secondary N) is 1. The molecule has 1 saturated carbocycles. The van der Waals surface area contributed by atoms with E-state index in [2.05, 4.69) is 5.32 Å². The van der Waals surface area contributed by atoms with Crippen molar-refractivity contribution in [1.29, 1.82) is 0 Å². The minimum absolute atomic E-state index is 0.0300. The first-order valence-corrected chi connectivity index (χ1v) is 6.11. The summed E-state index contributed by atoms with van der Waals surface area (Å²) >= 11 is 0. The molecule has 0 aliphatic heterocycles. The van der Waals surface area contributed by atoms with E-state index in [1.165, 1.54) is 18.2 Å². The van der Waals surface area contributed by atoms with Crippen molar-refractivity contribution in [3.8, 4) is 5.75 Å². The SMILES string of the molecule is Nc1cc(OCCC(=O)NC2CC2)ccc1C(=O)O. The maximum Gasteiger partial charge on any atom is 0.337 e. The number of carbonyl (C=O) groups is 2. The third-order valence-corrected chi connectivity index (χ3v) is 2.79. The van der Waals surface area contributed by atoms with Crippen LogP contribution in [0.1, 0.15) is 29.6 Å². The average Bonchev–Trinajstić information content (AvgIpc) is 3.12. The fourth-order valence-corrected chi connectivity index (χ4v) is 1.61. The lowest BCUT2D eigenvalue weighted by Crippen LogP contribution is -2.26. The van der Waals surface area contributed by atoms with Crippen molar-refractivity contribution in [2.45, 2.75) is 25.3 Å². The Morgan fingerprint density at radius 2 is 2.16 bits per heavy atom. The number of amides is 1.